The van der Waals surface area contributed by atoms with Crippen molar-refractivity contribution in [3.63, 3.8) is 0 Å². The molecule has 0 aliphatic heterocycles. The van der Waals surface area contributed by atoms with Crippen LogP contribution in [0.2, 0.25) is 0 Å². The lowest BCUT2D eigenvalue weighted by atomic mass is 10.2. The molecule has 0 amide bonds. The quantitative estimate of drug-likeness (QED) is 0.712. The first-order valence-electron chi connectivity index (χ1n) is 5.53. The second kappa shape index (κ2) is 6.19. The van der Waals surface area contributed by atoms with E-state index in [0.717, 1.165) is 5.56 Å². The normalized spacial score (nSPS) is 14.7. The Labute approximate surface area is 97.3 Å². The van der Waals surface area contributed by atoms with Crippen LogP contribution in [-0.4, -0.2) is 12.8 Å². The maximum atomic E-state index is 12.0. The van der Waals surface area contributed by atoms with Gasteiger partial charge in [-0.25, -0.2) is 0 Å². The van der Waals surface area contributed by atoms with Crippen molar-refractivity contribution < 1.29 is 13.6 Å². The summed E-state index contributed by atoms with van der Waals surface area (Å²) in [6, 6.07) is 7.97. The molecule has 0 aliphatic carbocycles. The van der Waals surface area contributed by atoms with Crippen LogP contribution in [0.4, 0.5) is 0 Å². The van der Waals surface area contributed by atoms with Crippen molar-refractivity contribution in [3.8, 4) is 0 Å². The van der Waals surface area contributed by atoms with Gasteiger partial charge in [-0.1, -0.05) is 36.8 Å². The predicted octanol–water partition coefficient (Wildman–Crippen LogP) is 3.76. The van der Waals surface area contributed by atoms with Gasteiger partial charge in [0.25, 0.3) is 0 Å². The molecule has 90 valence electrons. The molecule has 0 aliphatic rings. The van der Waals surface area contributed by atoms with Gasteiger partial charge in [0.1, 0.15) is 0 Å². The lowest BCUT2D eigenvalue weighted by molar-refractivity contribution is 0.206. The van der Waals surface area contributed by atoms with E-state index in [1.807, 2.05) is 45.0 Å². The molecule has 0 radical (unpaired) electrons. The van der Waals surface area contributed by atoms with Crippen molar-refractivity contribution >= 4 is 7.60 Å². The van der Waals surface area contributed by atoms with Gasteiger partial charge in [-0.05, 0) is 19.4 Å². The van der Waals surface area contributed by atoms with Gasteiger partial charge in [0.05, 0.1) is 13.2 Å². The zero-order valence-electron chi connectivity index (χ0n) is 10.1. The average molecular weight is 242 g/mol. The largest absolute Gasteiger partial charge is 0.330 e. The van der Waals surface area contributed by atoms with Gasteiger partial charge in [-0.15, -0.1) is 0 Å². The van der Waals surface area contributed by atoms with Gasteiger partial charge in [0.2, 0.25) is 0 Å². The molecule has 4 heteroatoms. The van der Waals surface area contributed by atoms with Crippen LogP contribution in [0.15, 0.2) is 24.3 Å². The van der Waals surface area contributed by atoms with Gasteiger partial charge in [0.15, 0.2) is 0 Å². The maximum Gasteiger partial charge on any atom is 0.330 e. The number of rotatable bonds is 6. The monoisotopic (exact) mass is 242 g/mol. The molecule has 0 fully saturated rings. The lowest BCUT2D eigenvalue weighted by Gasteiger charge is -2.15. The van der Waals surface area contributed by atoms with Gasteiger partial charge in [0, 0.05) is 6.16 Å². The van der Waals surface area contributed by atoms with Crippen molar-refractivity contribution in [1.29, 1.82) is 0 Å². The first-order valence-corrected chi connectivity index (χ1v) is 7.26. The van der Waals surface area contributed by atoms with Crippen LogP contribution in [0.25, 0.3) is 0 Å². The Morgan fingerprint density at radius 1 is 1.12 bits per heavy atom. The summed E-state index contributed by atoms with van der Waals surface area (Å²) < 4.78 is 22.5. The number of aryl methyl sites for hydroxylation is 1. The molecule has 0 spiro atoms. The standard InChI is InChI=1S/C12H19O3P/c1-4-14-16(13,5-2)15-10-12-8-6-11(3)7-9-12/h6-9H,4-5,10H2,1-3H3. The van der Waals surface area contributed by atoms with Crippen LogP contribution < -0.4 is 0 Å². The summed E-state index contributed by atoms with van der Waals surface area (Å²) in [7, 11) is -2.88. The summed E-state index contributed by atoms with van der Waals surface area (Å²) in [5.74, 6) is 0. The van der Waals surface area contributed by atoms with E-state index in [9.17, 15) is 4.57 Å². The van der Waals surface area contributed by atoms with Crippen LogP contribution in [-0.2, 0) is 20.2 Å². The van der Waals surface area contributed by atoms with Crippen molar-refractivity contribution in [1.82, 2.24) is 0 Å². The van der Waals surface area contributed by atoms with E-state index in [4.69, 9.17) is 9.05 Å². The fourth-order valence-electron chi connectivity index (χ4n) is 1.27. The van der Waals surface area contributed by atoms with Gasteiger partial charge < -0.3 is 9.05 Å². The van der Waals surface area contributed by atoms with Gasteiger partial charge in [-0.2, -0.15) is 0 Å². The fraction of sp³-hybridized carbons (Fsp3) is 0.500. The van der Waals surface area contributed by atoms with E-state index in [1.165, 1.54) is 5.56 Å². The molecular weight excluding hydrogens is 223 g/mol. The van der Waals surface area contributed by atoms with E-state index < -0.39 is 7.60 Å². The Morgan fingerprint density at radius 3 is 2.25 bits per heavy atom. The van der Waals surface area contributed by atoms with Gasteiger partial charge >= 0.3 is 7.60 Å². The molecule has 0 heterocycles. The third-order valence-corrected chi connectivity index (χ3v) is 4.21. The highest BCUT2D eigenvalue weighted by Gasteiger charge is 2.20. The molecule has 1 atom stereocenters. The Kier molecular flexibility index (Phi) is 5.20. The Hall–Kier alpha value is -0.630. The zero-order chi connectivity index (χ0) is 12.0. The van der Waals surface area contributed by atoms with Crippen molar-refractivity contribution in [2.45, 2.75) is 27.4 Å². The highest BCUT2D eigenvalue weighted by atomic mass is 31.2. The molecule has 1 unspecified atom stereocenters. The Balaban J connectivity index is 2.56. The summed E-state index contributed by atoms with van der Waals surface area (Å²) in [5.41, 5.74) is 2.21. The average Bonchev–Trinajstić information content (AvgIpc) is 2.29. The molecule has 0 aromatic heterocycles. The molecule has 0 saturated carbocycles. The van der Waals surface area contributed by atoms with Crippen molar-refractivity contribution in [3.05, 3.63) is 35.4 Å². The summed E-state index contributed by atoms with van der Waals surface area (Å²) in [5, 5.41) is 0. The first kappa shape index (κ1) is 13.4. The molecule has 1 aromatic rings. The topological polar surface area (TPSA) is 35.5 Å². The third-order valence-electron chi connectivity index (χ3n) is 2.26. The molecule has 0 saturated heterocycles. The minimum absolute atomic E-state index is 0.339. The van der Waals surface area contributed by atoms with E-state index in [-0.39, 0.29) is 0 Å². The Bertz CT molecular complexity index is 359. The fourth-order valence-corrected chi connectivity index (χ4v) is 2.45. The molecule has 0 bridgehead atoms. The van der Waals surface area contributed by atoms with Crippen molar-refractivity contribution in [2.24, 2.45) is 0 Å². The predicted molar refractivity (Wildman–Crippen MR) is 65.7 cm³/mol. The zero-order valence-corrected chi connectivity index (χ0v) is 11.0. The summed E-state index contributed by atoms with van der Waals surface area (Å²) in [4.78, 5) is 0. The van der Waals surface area contributed by atoms with E-state index in [1.54, 1.807) is 0 Å². The third kappa shape index (κ3) is 4.09. The molecular formula is C12H19O3P. The van der Waals surface area contributed by atoms with Crippen LogP contribution in [0.3, 0.4) is 0 Å². The smallest absolute Gasteiger partial charge is 0.309 e. The second-order valence-electron chi connectivity index (χ2n) is 3.60. The molecule has 16 heavy (non-hydrogen) atoms. The SMILES string of the molecule is CCOP(=O)(CC)OCc1ccc(C)cc1. The minimum Gasteiger partial charge on any atom is -0.309 e. The highest BCUT2D eigenvalue weighted by molar-refractivity contribution is 7.53. The highest BCUT2D eigenvalue weighted by Crippen LogP contribution is 2.48. The summed E-state index contributed by atoms with van der Waals surface area (Å²) >= 11 is 0. The maximum absolute atomic E-state index is 12.0. The number of hydrogen-bond donors (Lipinski definition) is 0. The van der Waals surface area contributed by atoms with E-state index in [0.29, 0.717) is 19.4 Å². The van der Waals surface area contributed by atoms with Gasteiger partial charge in [-0.3, -0.25) is 4.57 Å². The first-order chi connectivity index (χ1) is 7.59. The number of benzene rings is 1. The van der Waals surface area contributed by atoms with Crippen LogP contribution in [0, 0.1) is 6.92 Å². The number of hydrogen-bond acceptors (Lipinski definition) is 3. The van der Waals surface area contributed by atoms with Crippen LogP contribution in [0.1, 0.15) is 25.0 Å². The second-order valence-corrected chi connectivity index (χ2v) is 5.97. The summed E-state index contributed by atoms with van der Waals surface area (Å²) in [6.07, 6.45) is 0.409. The van der Waals surface area contributed by atoms with E-state index >= 15 is 0 Å². The minimum atomic E-state index is -2.88. The Morgan fingerprint density at radius 2 is 1.75 bits per heavy atom. The molecule has 0 N–H and O–H groups in total. The van der Waals surface area contributed by atoms with Crippen LogP contribution >= 0.6 is 7.60 Å². The molecule has 1 aromatic carbocycles. The molecule has 3 nitrogen and oxygen atoms in total. The lowest BCUT2D eigenvalue weighted by Crippen LogP contribution is -1.98. The summed E-state index contributed by atoms with van der Waals surface area (Å²) in [6.45, 7) is 6.41. The van der Waals surface area contributed by atoms with Crippen LogP contribution in [0.5, 0.6) is 0 Å². The molecule has 1 rings (SSSR count). The van der Waals surface area contributed by atoms with Crippen molar-refractivity contribution in [2.75, 3.05) is 12.8 Å². The van der Waals surface area contributed by atoms with E-state index in [2.05, 4.69) is 0 Å².